The van der Waals surface area contributed by atoms with E-state index in [0.29, 0.717) is 15.8 Å². The van der Waals surface area contributed by atoms with E-state index in [1.807, 2.05) is 0 Å². The van der Waals surface area contributed by atoms with Gasteiger partial charge in [0, 0.05) is 10.9 Å². The van der Waals surface area contributed by atoms with Gasteiger partial charge in [-0.3, -0.25) is 4.18 Å². The quantitative estimate of drug-likeness (QED) is 0.755. The van der Waals surface area contributed by atoms with E-state index < -0.39 is 11.1 Å². The highest BCUT2D eigenvalue weighted by molar-refractivity contribution is 7.80. The Kier molecular flexibility index (Phi) is 4.73. The number of rotatable bonds is 4. The van der Waals surface area contributed by atoms with Crippen LogP contribution in [0.15, 0.2) is 29.2 Å². The minimum Gasteiger partial charge on any atom is -0.285 e. The molecule has 0 fully saturated rings. The predicted octanol–water partition coefficient (Wildman–Crippen LogP) is 2.62. The number of hydrogen-bond acceptors (Lipinski definition) is 2. The second-order valence-electron chi connectivity index (χ2n) is 2.20. The van der Waals surface area contributed by atoms with Crippen molar-refractivity contribution in [1.82, 2.24) is 0 Å². The van der Waals surface area contributed by atoms with Crippen LogP contribution >= 0.6 is 23.2 Å². The van der Waals surface area contributed by atoms with Crippen LogP contribution in [0.4, 0.5) is 0 Å². The molecule has 0 saturated carbocycles. The maximum atomic E-state index is 11.3. The highest BCUT2D eigenvalue weighted by Gasteiger charge is 2.02. The van der Waals surface area contributed by atoms with Crippen molar-refractivity contribution in [3.05, 3.63) is 29.3 Å². The van der Waals surface area contributed by atoms with E-state index in [0.717, 1.165) is 0 Å². The van der Waals surface area contributed by atoms with Crippen LogP contribution in [-0.4, -0.2) is 16.7 Å². The van der Waals surface area contributed by atoms with Gasteiger partial charge in [0.05, 0.1) is 11.5 Å². The van der Waals surface area contributed by atoms with Gasteiger partial charge in [-0.05, 0) is 24.3 Å². The van der Waals surface area contributed by atoms with E-state index in [-0.39, 0.29) is 6.61 Å². The van der Waals surface area contributed by atoms with E-state index in [4.69, 9.17) is 27.4 Å². The molecule has 0 bridgehead atoms. The Bertz CT molecular complexity index is 287. The van der Waals surface area contributed by atoms with Crippen molar-refractivity contribution in [3.63, 3.8) is 0 Å². The van der Waals surface area contributed by atoms with Crippen molar-refractivity contribution in [3.8, 4) is 0 Å². The van der Waals surface area contributed by atoms with E-state index in [2.05, 4.69) is 0 Å². The molecule has 0 radical (unpaired) electrons. The van der Waals surface area contributed by atoms with Gasteiger partial charge < -0.3 is 0 Å². The Morgan fingerprint density at radius 2 is 1.92 bits per heavy atom. The first-order valence-corrected chi connectivity index (χ1v) is 5.59. The average molecular weight is 239 g/mol. The summed E-state index contributed by atoms with van der Waals surface area (Å²) < 4.78 is 16.2. The summed E-state index contributed by atoms with van der Waals surface area (Å²) in [6.45, 7) is 0.275. The van der Waals surface area contributed by atoms with Crippen LogP contribution in [0, 0.1) is 0 Å². The molecule has 0 N–H and O–H groups in total. The number of halogens is 2. The smallest absolute Gasteiger partial charge is 0.189 e. The van der Waals surface area contributed by atoms with Crippen LogP contribution in [-0.2, 0) is 15.3 Å². The molecule has 0 amide bonds. The van der Waals surface area contributed by atoms with Crippen molar-refractivity contribution >= 4 is 34.3 Å². The Morgan fingerprint density at radius 1 is 1.31 bits per heavy atom. The van der Waals surface area contributed by atoms with E-state index >= 15 is 0 Å². The van der Waals surface area contributed by atoms with E-state index in [9.17, 15) is 4.21 Å². The van der Waals surface area contributed by atoms with Gasteiger partial charge in [-0.25, -0.2) is 4.21 Å². The second-order valence-corrected chi connectivity index (χ2v) is 4.19. The first kappa shape index (κ1) is 11.0. The number of alkyl halides is 1. The van der Waals surface area contributed by atoms with Gasteiger partial charge >= 0.3 is 0 Å². The van der Waals surface area contributed by atoms with Crippen LogP contribution in [0.1, 0.15) is 0 Å². The average Bonchev–Trinajstić information content (AvgIpc) is 2.15. The van der Waals surface area contributed by atoms with Crippen LogP contribution in [0.2, 0.25) is 5.02 Å². The van der Waals surface area contributed by atoms with Crippen LogP contribution in [0.25, 0.3) is 0 Å². The van der Waals surface area contributed by atoms with Crippen molar-refractivity contribution in [2.24, 2.45) is 0 Å². The van der Waals surface area contributed by atoms with E-state index in [1.165, 1.54) is 0 Å². The van der Waals surface area contributed by atoms with Crippen molar-refractivity contribution in [1.29, 1.82) is 0 Å². The molecule has 0 saturated heterocycles. The molecule has 13 heavy (non-hydrogen) atoms. The first-order valence-electron chi connectivity index (χ1n) is 3.60. The molecule has 0 aliphatic carbocycles. The number of hydrogen-bond donors (Lipinski definition) is 0. The molecule has 1 aromatic rings. The maximum Gasteiger partial charge on any atom is 0.189 e. The molecule has 1 atom stereocenters. The third-order valence-electron chi connectivity index (χ3n) is 1.27. The summed E-state index contributed by atoms with van der Waals surface area (Å²) in [6.07, 6.45) is 0. The normalized spacial score (nSPS) is 12.8. The van der Waals surface area contributed by atoms with Gasteiger partial charge in [0.1, 0.15) is 0 Å². The molecule has 0 aliphatic heterocycles. The SMILES string of the molecule is O=[S@](OCCCl)c1ccc(Cl)cc1. The van der Waals surface area contributed by atoms with Crippen molar-refractivity contribution in [2.75, 3.05) is 12.5 Å². The molecule has 1 rings (SSSR count). The molecule has 1 aromatic carbocycles. The fourth-order valence-corrected chi connectivity index (χ4v) is 1.74. The van der Waals surface area contributed by atoms with Gasteiger partial charge in [-0.1, -0.05) is 11.6 Å². The predicted molar refractivity (Wildman–Crippen MR) is 54.5 cm³/mol. The summed E-state index contributed by atoms with van der Waals surface area (Å²) in [7, 11) is 0. The monoisotopic (exact) mass is 238 g/mol. The fourth-order valence-electron chi connectivity index (χ4n) is 0.721. The molecule has 0 aromatic heterocycles. The molecular weight excluding hydrogens is 231 g/mol. The summed E-state index contributed by atoms with van der Waals surface area (Å²) in [6, 6.07) is 6.65. The minimum atomic E-state index is -1.43. The Labute approximate surface area is 89.5 Å². The lowest BCUT2D eigenvalue weighted by atomic mass is 10.4. The van der Waals surface area contributed by atoms with E-state index in [1.54, 1.807) is 24.3 Å². The Hall–Kier alpha value is -0.0900. The minimum absolute atomic E-state index is 0.275. The van der Waals surface area contributed by atoms with Crippen molar-refractivity contribution < 1.29 is 8.39 Å². The standard InChI is InChI=1S/C8H8Cl2O2S/c9-5-6-12-13(11)8-3-1-7(10)2-4-8/h1-4H,5-6H2/t13-/m1/s1. The lowest BCUT2D eigenvalue weighted by Crippen LogP contribution is -2.00. The molecule has 0 unspecified atom stereocenters. The highest BCUT2D eigenvalue weighted by Crippen LogP contribution is 2.13. The lowest BCUT2D eigenvalue weighted by Gasteiger charge is -2.00. The molecule has 0 spiro atoms. The molecule has 2 nitrogen and oxygen atoms in total. The molecule has 5 heteroatoms. The molecular formula is C8H8Cl2O2S. The summed E-state index contributed by atoms with van der Waals surface area (Å²) in [5.41, 5.74) is 0. The Balaban J connectivity index is 2.61. The third kappa shape index (κ3) is 3.65. The van der Waals surface area contributed by atoms with Gasteiger partial charge in [0.25, 0.3) is 0 Å². The summed E-state index contributed by atoms with van der Waals surface area (Å²) in [5.74, 6) is 0.333. The van der Waals surface area contributed by atoms with Crippen LogP contribution < -0.4 is 0 Å². The van der Waals surface area contributed by atoms with Crippen LogP contribution in [0.5, 0.6) is 0 Å². The summed E-state index contributed by atoms with van der Waals surface area (Å²) in [5, 5.41) is 0.609. The molecule has 0 heterocycles. The maximum absolute atomic E-state index is 11.3. The van der Waals surface area contributed by atoms with Gasteiger partial charge in [0.15, 0.2) is 11.1 Å². The van der Waals surface area contributed by atoms with Gasteiger partial charge in [-0.15, -0.1) is 11.6 Å². The van der Waals surface area contributed by atoms with Crippen molar-refractivity contribution in [2.45, 2.75) is 4.90 Å². The highest BCUT2D eigenvalue weighted by atomic mass is 35.5. The fraction of sp³-hybridized carbons (Fsp3) is 0.250. The summed E-state index contributed by atoms with van der Waals surface area (Å²) in [4.78, 5) is 0.592. The third-order valence-corrected chi connectivity index (χ3v) is 2.72. The first-order chi connectivity index (χ1) is 6.24. The Morgan fingerprint density at radius 3 is 2.46 bits per heavy atom. The zero-order valence-electron chi connectivity index (χ0n) is 6.70. The zero-order valence-corrected chi connectivity index (χ0v) is 9.03. The largest absolute Gasteiger partial charge is 0.285 e. The lowest BCUT2D eigenvalue weighted by molar-refractivity contribution is 0.374. The summed E-state index contributed by atoms with van der Waals surface area (Å²) >= 11 is 9.60. The second kappa shape index (κ2) is 5.60. The van der Waals surface area contributed by atoms with Gasteiger partial charge in [-0.2, -0.15) is 0 Å². The molecule has 0 aliphatic rings. The topological polar surface area (TPSA) is 26.3 Å². The number of benzene rings is 1. The van der Waals surface area contributed by atoms with Crippen LogP contribution in [0.3, 0.4) is 0 Å². The van der Waals surface area contributed by atoms with Gasteiger partial charge in [0.2, 0.25) is 0 Å². The molecule has 72 valence electrons. The zero-order chi connectivity index (χ0) is 9.68.